The highest BCUT2D eigenvalue weighted by atomic mass is 32.1. The third-order valence-electron chi connectivity index (χ3n) is 6.77. The number of hydrogen-bond donors (Lipinski definition) is 3. The Morgan fingerprint density at radius 3 is 1.85 bits per heavy atom. The smallest absolute Gasteiger partial charge is 0.222 e. The van der Waals surface area contributed by atoms with Crippen LogP contribution in [0.25, 0.3) is 20.4 Å². The van der Waals surface area contributed by atoms with Gasteiger partial charge in [-0.1, -0.05) is 24.3 Å². The summed E-state index contributed by atoms with van der Waals surface area (Å²) in [6.45, 7) is 0.671. The number of rotatable bonds is 9. The summed E-state index contributed by atoms with van der Waals surface area (Å²) in [5.41, 5.74) is 4.16. The molecule has 0 amide bonds. The molecule has 5 aromatic heterocycles. The van der Waals surface area contributed by atoms with Crippen molar-refractivity contribution in [2.75, 3.05) is 24.2 Å². The molecule has 0 radical (unpaired) electrons. The Labute approximate surface area is 271 Å². The molecule has 0 spiro atoms. The molecule has 3 N–H and O–H groups in total. The van der Waals surface area contributed by atoms with Gasteiger partial charge < -0.3 is 15.6 Å². The number of anilines is 2. The first-order valence-corrected chi connectivity index (χ1v) is 15.8. The number of hydrogen-bond acceptors (Lipinski definition) is 13. The van der Waals surface area contributed by atoms with Crippen LogP contribution in [-0.4, -0.2) is 53.5 Å². The monoisotopic (exact) mass is 642 g/mol. The summed E-state index contributed by atoms with van der Waals surface area (Å²) in [5.74, 6) is 0.0262. The zero-order valence-corrected chi connectivity index (χ0v) is 26.1. The molecule has 0 aliphatic rings. The minimum absolute atomic E-state index is 0.470. The lowest BCUT2D eigenvalue weighted by Gasteiger charge is -2.08. The van der Waals surface area contributed by atoms with Gasteiger partial charge in [-0.05, 0) is 36.4 Å². The average Bonchev–Trinajstić information content (AvgIpc) is 3.86. The Morgan fingerprint density at radius 1 is 0.761 bits per heavy atom. The Kier molecular flexibility index (Phi) is 9.39. The molecule has 7 rings (SSSR count). The van der Waals surface area contributed by atoms with Crippen molar-refractivity contribution in [1.29, 1.82) is 10.5 Å². The second-order valence-corrected chi connectivity index (χ2v) is 11.9. The van der Waals surface area contributed by atoms with Crippen LogP contribution < -0.4 is 10.6 Å². The lowest BCUT2D eigenvalue weighted by atomic mass is 10.1. The highest BCUT2D eigenvalue weighted by Gasteiger charge is 2.21. The van der Waals surface area contributed by atoms with Crippen molar-refractivity contribution in [3.63, 3.8) is 0 Å². The molecule has 2 aromatic carbocycles. The fraction of sp³-hybridized carbons (Fsp3) is 0.156. The van der Waals surface area contributed by atoms with Gasteiger partial charge in [0, 0.05) is 44.3 Å². The van der Waals surface area contributed by atoms with Crippen molar-refractivity contribution in [2.45, 2.75) is 18.3 Å². The number of imidazole rings is 1. The third-order valence-corrected chi connectivity index (χ3v) is 8.98. The van der Waals surface area contributed by atoms with Crippen LogP contribution in [0.1, 0.15) is 38.9 Å². The summed E-state index contributed by atoms with van der Waals surface area (Å²) in [6.07, 6.45) is 7.54. The van der Waals surface area contributed by atoms with Crippen LogP contribution in [0.15, 0.2) is 85.6 Å². The molecule has 46 heavy (non-hydrogen) atoms. The molecule has 0 aliphatic heterocycles. The van der Waals surface area contributed by atoms with E-state index in [1.54, 1.807) is 44.1 Å². The van der Waals surface area contributed by atoms with Gasteiger partial charge in [0.1, 0.15) is 21.9 Å². The van der Waals surface area contributed by atoms with Crippen molar-refractivity contribution in [3.8, 4) is 12.1 Å². The number of nitrogens with one attached hydrogen (secondary N) is 3. The summed E-state index contributed by atoms with van der Waals surface area (Å²) in [6, 6.07) is 23.8. The van der Waals surface area contributed by atoms with Crippen LogP contribution in [0.4, 0.5) is 11.9 Å². The first-order chi connectivity index (χ1) is 22.6. The van der Waals surface area contributed by atoms with Crippen LogP contribution in [0.5, 0.6) is 0 Å². The molecule has 0 fully saturated rings. The highest BCUT2D eigenvalue weighted by molar-refractivity contribution is 7.19. The Morgan fingerprint density at radius 2 is 1.33 bits per heavy atom. The van der Waals surface area contributed by atoms with Crippen molar-refractivity contribution in [3.05, 3.63) is 113 Å². The van der Waals surface area contributed by atoms with E-state index in [-0.39, 0.29) is 0 Å². The zero-order chi connectivity index (χ0) is 31.7. The summed E-state index contributed by atoms with van der Waals surface area (Å²) < 4.78 is 2.14. The van der Waals surface area contributed by atoms with Crippen LogP contribution in [0.3, 0.4) is 0 Å². The number of aromatic nitrogens is 8. The summed E-state index contributed by atoms with van der Waals surface area (Å²) in [7, 11) is 1.75. The third kappa shape index (κ3) is 6.94. The van der Waals surface area contributed by atoms with Gasteiger partial charge >= 0.3 is 0 Å². The molecule has 0 bridgehead atoms. The first kappa shape index (κ1) is 30.2. The van der Waals surface area contributed by atoms with Gasteiger partial charge in [0.15, 0.2) is 0 Å². The Bertz CT molecular complexity index is 2080. The van der Waals surface area contributed by atoms with Gasteiger partial charge in [-0.25, -0.2) is 34.9 Å². The molecule has 14 heteroatoms. The minimum Gasteiger partial charge on any atom is -0.357 e. The van der Waals surface area contributed by atoms with Crippen LogP contribution >= 0.6 is 22.7 Å². The quantitative estimate of drug-likeness (QED) is 0.171. The van der Waals surface area contributed by atoms with Crippen molar-refractivity contribution >= 4 is 55.0 Å². The number of fused-ring (bicyclic) bond motifs is 2. The maximum atomic E-state index is 9.67. The molecule has 0 saturated carbocycles. The normalized spacial score (nSPS) is 12.0. The van der Waals surface area contributed by atoms with E-state index in [0.29, 0.717) is 29.8 Å². The second kappa shape index (κ2) is 14.3. The second-order valence-electron chi connectivity index (χ2n) is 9.78. The summed E-state index contributed by atoms with van der Waals surface area (Å²) in [4.78, 5) is 33.3. The summed E-state index contributed by atoms with van der Waals surface area (Å²) in [5, 5.41) is 26.7. The fourth-order valence-electron chi connectivity index (χ4n) is 4.53. The predicted molar refractivity (Wildman–Crippen MR) is 179 cm³/mol. The largest absolute Gasteiger partial charge is 0.357 e. The SMILES string of the molecule is CNc1nccc(C(C#N)c2nc3ccccc3s2)n1.N#CC(c1ccnc(NCCc2cnc[nH]2)n1)c1nc2ccccc2s1. The van der Waals surface area contributed by atoms with E-state index in [2.05, 4.69) is 62.6 Å². The number of nitriles is 2. The van der Waals surface area contributed by atoms with Crippen molar-refractivity contribution in [2.24, 2.45) is 0 Å². The molecular formula is C32H26N12S2. The number of para-hydroxylation sites is 2. The molecular weight excluding hydrogens is 617 g/mol. The van der Waals surface area contributed by atoms with E-state index >= 15 is 0 Å². The number of nitrogens with zero attached hydrogens (tertiary/aromatic N) is 9. The minimum atomic E-state index is -0.511. The van der Waals surface area contributed by atoms with E-state index < -0.39 is 11.8 Å². The zero-order valence-electron chi connectivity index (χ0n) is 24.5. The van der Waals surface area contributed by atoms with Gasteiger partial charge in [0.2, 0.25) is 11.9 Å². The average molecular weight is 643 g/mol. The number of thiazole rings is 2. The summed E-state index contributed by atoms with van der Waals surface area (Å²) >= 11 is 3.05. The molecule has 2 atom stereocenters. The number of benzene rings is 2. The molecule has 226 valence electrons. The van der Waals surface area contributed by atoms with Gasteiger partial charge in [-0.15, -0.1) is 22.7 Å². The molecule has 5 heterocycles. The Hall–Kier alpha value is -5.83. The lowest BCUT2D eigenvalue weighted by Crippen LogP contribution is -2.10. The van der Waals surface area contributed by atoms with E-state index in [1.807, 2.05) is 48.5 Å². The van der Waals surface area contributed by atoms with E-state index in [0.717, 1.165) is 42.6 Å². The maximum absolute atomic E-state index is 9.67. The van der Waals surface area contributed by atoms with E-state index in [9.17, 15) is 10.5 Å². The molecule has 12 nitrogen and oxygen atoms in total. The van der Waals surface area contributed by atoms with Gasteiger partial charge in [0.05, 0.1) is 50.3 Å². The van der Waals surface area contributed by atoms with Gasteiger partial charge in [0.25, 0.3) is 0 Å². The first-order valence-electron chi connectivity index (χ1n) is 14.2. The lowest BCUT2D eigenvalue weighted by molar-refractivity contribution is 0.910. The molecule has 0 aliphatic carbocycles. The highest BCUT2D eigenvalue weighted by Crippen LogP contribution is 2.32. The van der Waals surface area contributed by atoms with Crippen molar-refractivity contribution < 1.29 is 0 Å². The topological polar surface area (TPSA) is 178 Å². The maximum Gasteiger partial charge on any atom is 0.222 e. The van der Waals surface area contributed by atoms with Crippen LogP contribution in [-0.2, 0) is 6.42 Å². The molecule has 7 aromatic rings. The molecule has 2 unspecified atom stereocenters. The van der Waals surface area contributed by atoms with Gasteiger partial charge in [-0.2, -0.15) is 10.5 Å². The fourth-order valence-corrected chi connectivity index (χ4v) is 6.58. The van der Waals surface area contributed by atoms with E-state index in [4.69, 9.17) is 0 Å². The standard InChI is InChI=1S/C18H15N7S.C14H11N5S/c19-9-13(17-24-15-3-1-2-4-16(15)26-17)14-6-8-22-18(25-14)21-7-5-12-10-20-11-23-12;1-16-14-17-7-6-10(19-14)9(8-15)13-18-11-4-2-3-5-12(11)20-13/h1-4,6,8,10-11,13H,5,7H2,(H,20,23)(H,21,22,25);2-7,9H,1H3,(H,16,17,19). The van der Waals surface area contributed by atoms with Gasteiger partial charge in [-0.3, -0.25) is 0 Å². The number of H-pyrrole nitrogens is 1. The van der Waals surface area contributed by atoms with Crippen molar-refractivity contribution in [1.82, 2.24) is 39.9 Å². The molecule has 0 saturated heterocycles. The predicted octanol–water partition coefficient (Wildman–Crippen LogP) is 5.90. The Balaban J connectivity index is 0.000000167. The van der Waals surface area contributed by atoms with Crippen LogP contribution in [0.2, 0.25) is 0 Å². The van der Waals surface area contributed by atoms with Crippen LogP contribution in [0, 0.1) is 22.7 Å². The number of aromatic amines is 1. The van der Waals surface area contributed by atoms with E-state index in [1.165, 1.54) is 22.7 Å².